The van der Waals surface area contributed by atoms with E-state index in [0.29, 0.717) is 11.3 Å². The number of carbonyl (C=O) groups excluding carboxylic acids is 1. The topological polar surface area (TPSA) is 74.8 Å². The van der Waals surface area contributed by atoms with Gasteiger partial charge in [-0.05, 0) is 45.0 Å². The summed E-state index contributed by atoms with van der Waals surface area (Å²) in [6.45, 7) is 5.49. The van der Waals surface area contributed by atoms with Gasteiger partial charge in [0, 0.05) is 11.1 Å². The van der Waals surface area contributed by atoms with Gasteiger partial charge in [-0.3, -0.25) is 4.79 Å². The van der Waals surface area contributed by atoms with Gasteiger partial charge in [-0.2, -0.15) is 5.10 Å². The molecule has 0 radical (unpaired) electrons. The number of nitrogens with one attached hydrogen (secondary N) is 1. The zero-order valence-corrected chi connectivity index (χ0v) is 11.6. The average molecular weight is 272 g/mol. The van der Waals surface area contributed by atoms with Crippen molar-refractivity contribution in [3.05, 3.63) is 53.0 Å². The second-order valence-electron chi connectivity index (χ2n) is 4.52. The van der Waals surface area contributed by atoms with Crippen molar-refractivity contribution in [3.63, 3.8) is 0 Å². The Morgan fingerprint density at radius 1 is 1.30 bits per heavy atom. The third-order valence-corrected chi connectivity index (χ3v) is 2.86. The van der Waals surface area contributed by atoms with Gasteiger partial charge in [0.25, 0.3) is 5.91 Å². The van der Waals surface area contributed by atoms with Crippen molar-refractivity contribution in [1.82, 2.24) is 5.43 Å². The maximum Gasteiger partial charge on any atom is 0.271 e. The van der Waals surface area contributed by atoms with Crippen LogP contribution >= 0.6 is 0 Å². The van der Waals surface area contributed by atoms with Crippen LogP contribution in [-0.4, -0.2) is 16.7 Å². The predicted molar refractivity (Wildman–Crippen MR) is 76.0 cm³/mol. The fourth-order valence-corrected chi connectivity index (χ4v) is 1.90. The minimum Gasteiger partial charge on any atom is -0.508 e. The molecular weight excluding hydrogens is 256 g/mol. The zero-order valence-electron chi connectivity index (χ0n) is 11.6. The number of rotatable bonds is 3. The molecule has 2 aromatic rings. The summed E-state index contributed by atoms with van der Waals surface area (Å²) < 4.78 is 5.42. The molecule has 0 unspecified atom stereocenters. The first kappa shape index (κ1) is 13.9. The second kappa shape index (κ2) is 5.61. The Morgan fingerprint density at radius 3 is 2.65 bits per heavy atom. The fourth-order valence-electron chi connectivity index (χ4n) is 1.90. The molecule has 5 nitrogen and oxygen atoms in total. The second-order valence-corrected chi connectivity index (χ2v) is 4.52. The molecule has 2 rings (SSSR count). The van der Waals surface area contributed by atoms with Gasteiger partial charge < -0.3 is 9.52 Å². The maximum atomic E-state index is 11.9. The lowest BCUT2D eigenvalue weighted by Crippen LogP contribution is -2.19. The highest BCUT2D eigenvalue weighted by molar-refractivity contribution is 6.01. The Morgan fingerprint density at radius 2 is 2.05 bits per heavy atom. The van der Waals surface area contributed by atoms with Crippen LogP contribution in [0.3, 0.4) is 0 Å². The Labute approximate surface area is 116 Å². The molecule has 0 aliphatic rings. The van der Waals surface area contributed by atoms with Gasteiger partial charge in [-0.25, -0.2) is 5.43 Å². The molecule has 0 aliphatic carbocycles. The molecule has 2 N–H and O–H groups in total. The lowest BCUT2D eigenvalue weighted by molar-refractivity contribution is 0.0954. The van der Waals surface area contributed by atoms with E-state index in [9.17, 15) is 9.90 Å². The first-order chi connectivity index (χ1) is 9.47. The number of phenols is 1. The maximum absolute atomic E-state index is 11.9. The molecule has 104 valence electrons. The molecule has 0 aliphatic heterocycles. The highest BCUT2D eigenvalue weighted by atomic mass is 16.3. The van der Waals surface area contributed by atoms with E-state index in [1.54, 1.807) is 19.1 Å². The van der Waals surface area contributed by atoms with E-state index >= 15 is 0 Å². The van der Waals surface area contributed by atoms with Crippen molar-refractivity contribution in [2.24, 2.45) is 5.10 Å². The van der Waals surface area contributed by atoms with E-state index in [1.165, 1.54) is 12.1 Å². The molecule has 0 bridgehead atoms. The van der Waals surface area contributed by atoms with Crippen LogP contribution in [-0.2, 0) is 0 Å². The van der Waals surface area contributed by atoms with Crippen LogP contribution in [0.5, 0.6) is 5.75 Å². The number of carbonyl (C=O) groups is 1. The summed E-state index contributed by atoms with van der Waals surface area (Å²) >= 11 is 0. The number of hydrogen-bond donors (Lipinski definition) is 2. The fraction of sp³-hybridized carbons (Fsp3) is 0.200. The summed E-state index contributed by atoms with van der Waals surface area (Å²) in [6.07, 6.45) is 0. The van der Waals surface area contributed by atoms with Crippen LogP contribution in [0.15, 0.2) is 39.9 Å². The molecule has 1 aromatic carbocycles. The minimum atomic E-state index is -0.377. The number of aryl methyl sites for hydroxylation is 2. The summed E-state index contributed by atoms with van der Waals surface area (Å²) in [5.74, 6) is 1.22. The highest BCUT2D eigenvalue weighted by Gasteiger charge is 2.09. The van der Waals surface area contributed by atoms with Gasteiger partial charge in [-0.1, -0.05) is 6.07 Å². The largest absolute Gasteiger partial charge is 0.508 e. The van der Waals surface area contributed by atoms with Crippen molar-refractivity contribution in [2.45, 2.75) is 20.8 Å². The molecule has 5 heteroatoms. The van der Waals surface area contributed by atoms with Crippen LogP contribution in [0.4, 0.5) is 0 Å². The molecule has 0 spiro atoms. The van der Waals surface area contributed by atoms with Gasteiger partial charge in [0.15, 0.2) is 0 Å². The van der Waals surface area contributed by atoms with E-state index in [0.717, 1.165) is 17.1 Å². The lowest BCUT2D eigenvalue weighted by Gasteiger charge is -2.02. The Hall–Kier alpha value is -2.56. The summed E-state index contributed by atoms with van der Waals surface area (Å²) in [6, 6.07) is 7.96. The Balaban J connectivity index is 2.13. The third-order valence-electron chi connectivity index (χ3n) is 2.86. The number of phenolic OH excluding ortho intramolecular Hbond substituents is 1. The predicted octanol–water partition coefficient (Wildman–Crippen LogP) is 2.76. The average Bonchev–Trinajstić information content (AvgIpc) is 2.74. The molecule has 1 amide bonds. The van der Waals surface area contributed by atoms with E-state index in [-0.39, 0.29) is 11.7 Å². The van der Waals surface area contributed by atoms with Crippen LogP contribution < -0.4 is 5.43 Å². The van der Waals surface area contributed by atoms with E-state index in [4.69, 9.17) is 4.42 Å². The molecular formula is C15H16N2O3. The zero-order chi connectivity index (χ0) is 14.7. The highest BCUT2D eigenvalue weighted by Crippen LogP contribution is 2.14. The standard InChI is InChI=1S/C15H16N2O3/c1-9-7-14(11(3)20-9)10(2)16-17-15(19)12-5-4-6-13(18)8-12/h4-8,18H,1-3H3,(H,17,19)/b16-10+. The number of hydrogen-bond acceptors (Lipinski definition) is 4. The smallest absolute Gasteiger partial charge is 0.271 e. The third kappa shape index (κ3) is 3.06. The van der Waals surface area contributed by atoms with E-state index in [1.807, 2.05) is 19.9 Å². The Bertz CT molecular complexity index is 672. The van der Waals surface area contributed by atoms with Crippen molar-refractivity contribution >= 4 is 11.6 Å². The van der Waals surface area contributed by atoms with E-state index < -0.39 is 0 Å². The summed E-state index contributed by atoms with van der Waals surface area (Å²) in [5, 5.41) is 13.4. The molecule has 1 heterocycles. The van der Waals surface area contributed by atoms with Crippen LogP contribution in [0.2, 0.25) is 0 Å². The van der Waals surface area contributed by atoms with E-state index in [2.05, 4.69) is 10.5 Å². The molecule has 0 saturated carbocycles. The number of benzene rings is 1. The number of amides is 1. The first-order valence-corrected chi connectivity index (χ1v) is 6.18. The van der Waals surface area contributed by atoms with Gasteiger partial charge in [0.05, 0.1) is 5.71 Å². The lowest BCUT2D eigenvalue weighted by atomic mass is 10.2. The quantitative estimate of drug-likeness (QED) is 0.666. The SMILES string of the molecule is C/C(=N\NC(=O)c1cccc(O)c1)c1cc(C)oc1C. The monoisotopic (exact) mass is 272 g/mol. The molecule has 0 saturated heterocycles. The first-order valence-electron chi connectivity index (χ1n) is 6.18. The summed E-state index contributed by atoms with van der Waals surface area (Å²) in [7, 11) is 0. The summed E-state index contributed by atoms with van der Waals surface area (Å²) in [4.78, 5) is 11.9. The van der Waals surface area contributed by atoms with Gasteiger partial charge >= 0.3 is 0 Å². The van der Waals surface area contributed by atoms with Crippen molar-refractivity contribution < 1.29 is 14.3 Å². The normalized spacial score (nSPS) is 11.4. The molecule has 0 fully saturated rings. The molecule has 0 atom stereocenters. The van der Waals surface area contributed by atoms with Crippen molar-refractivity contribution in [3.8, 4) is 5.75 Å². The van der Waals surface area contributed by atoms with Crippen LogP contribution in [0.1, 0.15) is 34.4 Å². The van der Waals surface area contributed by atoms with Crippen LogP contribution in [0, 0.1) is 13.8 Å². The Kier molecular flexibility index (Phi) is 3.89. The number of aromatic hydroxyl groups is 1. The number of nitrogens with zero attached hydrogens (tertiary/aromatic N) is 1. The van der Waals surface area contributed by atoms with Gasteiger partial charge in [-0.15, -0.1) is 0 Å². The molecule has 1 aromatic heterocycles. The van der Waals surface area contributed by atoms with Crippen molar-refractivity contribution in [2.75, 3.05) is 0 Å². The van der Waals surface area contributed by atoms with Crippen LogP contribution in [0.25, 0.3) is 0 Å². The van der Waals surface area contributed by atoms with Gasteiger partial charge in [0.1, 0.15) is 17.3 Å². The minimum absolute atomic E-state index is 0.0413. The number of hydrazone groups is 1. The van der Waals surface area contributed by atoms with Crippen molar-refractivity contribution in [1.29, 1.82) is 0 Å². The summed E-state index contributed by atoms with van der Waals surface area (Å²) in [5.41, 5.74) is 4.33. The number of furan rings is 1. The van der Waals surface area contributed by atoms with Gasteiger partial charge in [0.2, 0.25) is 0 Å². The molecule has 20 heavy (non-hydrogen) atoms.